The van der Waals surface area contributed by atoms with Crippen molar-refractivity contribution in [2.24, 2.45) is 0 Å². The highest BCUT2D eigenvalue weighted by Crippen LogP contribution is 2.19. The van der Waals surface area contributed by atoms with Crippen LogP contribution < -0.4 is 9.64 Å². The average Bonchev–Trinajstić information content (AvgIpc) is 3.01. The van der Waals surface area contributed by atoms with Gasteiger partial charge in [-0.15, -0.1) is 0 Å². The molecule has 0 atom stereocenters. The summed E-state index contributed by atoms with van der Waals surface area (Å²) in [5, 5.41) is 39.1. The Balaban J connectivity index is 1.82. The van der Waals surface area contributed by atoms with Gasteiger partial charge in [0.2, 0.25) is 5.91 Å². The number of esters is 1. The zero-order valence-electron chi connectivity index (χ0n) is 25.4. The highest BCUT2D eigenvalue weighted by Gasteiger charge is 2.24. The van der Waals surface area contributed by atoms with E-state index in [1.54, 1.807) is 40.1 Å². The summed E-state index contributed by atoms with van der Waals surface area (Å²) >= 11 is 0. The van der Waals surface area contributed by atoms with E-state index in [4.69, 9.17) is 4.74 Å². The van der Waals surface area contributed by atoms with Crippen molar-refractivity contribution in [1.29, 1.82) is 0 Å². The standard InChI is InChI=1S/C30H36N6O11/c37-26(35(23-4-2-1-3-5-23)22-30(44)47-25-8-6-24(7-9-25)36(45)46)18-31-10-12-32(19-27(38)39)14-16-34(21-29(42)43)17-15-33(13-11-31)20-28(40)41/h1-9,14,16H,10-13,15,17-22H2,(H,38,39)(H,40,41)(H,42,43)/b16-14-. The molecule has 0 bridgehead atoms. The Bertz CT molecular complexity index is 1440. The molecule has 17 nitrogen and oxygen atoms in total. The van der Waals surface area contributed by atoms with E-state index in [2.05, 4.69) is 0 Å². The molecule has 1 heterocycles. The second-order valence-corrected chi connectivity index (χ2v) is 10.5. The molecule has 252 valence electrons. The number of non-ortho nitro benzene ring substituents is 1. The highest BCUT2D eigenvalue weighted by atomic mass is 16.6. The summed E-state index contributed by atoms with van der Waals surface area (Å²) < 4.78 is 5.33. The van der Waals surface area contributed by atoms with Crippen LogP contribution in [0, 0.1) is 10.1 Å². The third kappa shape index (κ3) is 12.8. The minimum Gasteiger partial charge on any atom is -0.480 e. The summed E-state index contributed by atoms with van der Waals surface area (Å²) in [5.41, 5.74) is 0.211. The van der Waals surface area contributed by atoms with Crippen LogP contribution in [0.4, 0.5) is 11.4 Å². The monoisotopic (exact) mass is 656 g/mol. The number of nitrogens with zero attached hydrogens (tertiary/aromatic N) is 6. The minimum absolute atomic E-state index is 0.0520. The van der Waals surface area contributed by atoms with Crippen molar-refractivity contribution in [1.82, 2.24) is 19.6 Å². The van der Waals surface area contributed by atoms with E-state index < -0.39 is 47.8 Å². The number of carbonyl (C=O) groups is 5. The van der Waals surface area contributed by atoms with Crippen LogP contribution in [0.3, 0.4) is 0 Å². The Morgan fingerprint density at radius 2 is 1.19 bits per heavy atom. The number of nitro groups is 1. The topological polar surface area (TPSA) is 215 Å². The molecular weight excluding hydrogens is 620 g/mol. The molecule has 47 heavy (non-hydrogen) atoms. The molecule has 0 spiro atoms. The molecule has 0 fully saturated rings. The maximum absolute atomic E-state index is 13.8. The van der Waals surface area contributed by atoms with Crippen LogP contribution in [0.25, 0.3) is 0 Å². The van der Waals surface area contributed by atoms with Gasteiger partial charge in [0.05, 0.1) is 18.0 Å². The predicted octanol–water partition coefficient (Wildman–Crippen LogP) is 0.480. The number of carboxylic acids is 3. The fourth-order valence-corrected chi connectivity index (χ4v) is 4.64. The number of carbonyl (C=O) groups excluding carboxylic acids is 2. The maximum Gasteiger partial charge on any atom is 0.331 e. The van der Waals surface area contributed by atoms with E-state index in [0.29, 0.717) is 5.69 Å². The summed E-state index contributed by atoms with van der Waals surface area (Å²) in [6.07, 6.45) is 2.89. The number of nitro benzene ring substituents is 1. The quantitative estimate of drug-likeness (QED) is 0.116. The summed E-state index contributed by atoms with van der Waals surface area (Å²) in [7, 11) is 0. The lowest BCUT2D eigenvalue weighted by molar-refractivity contribution is -0.384. The van der Waals surface area contributed by atoms with Crippen molar-refractivity contribution in [3.8, 4) is 5.75 Å². The molecule has 0 saturated heterocycles. The van der Waals surface area contributed by atoms with Gasteiger partial charge in [0.25, 0.3) is 5.69 Å². The fraction of sp³-hybridized carbons (Fsp3) is 0.367. The van der Waals surface area contributed by atoms with E-state index in [-0.39, 0.29) is 70.3 Å². The Hall–Kier alpha value is -5.55. The van der Waals surface area contributed by atoms with Crippen molar-refractivity contribution < 1.29 is 49.0 Å². The molecule has 2 aromatic carbocycles. The third-order valence-corrected chi connectivity index (χ3v) is 6.96. The maximum atomic E-state index is 13.8. The number of carboxylic acid groups (broad SMARTS) is 3. The molecule has 17 heteroatoms. The van der Waals surface area contributed by atoms with Crippen LogP contribution >= 0.6 is 0 Å². The number of aliphatic carboxylic acids is 3. The van der Waals surface area contributed by atoms with Gasteiger partial charge >= 0.3 is 23.9 Å². The fourth-order valence-electron chi connectivity index (χ4n) is 4.64. The van der Waals surface area contributed by atoms with Crippen LogP contribution in [0.15, 0.2) is 67.0 Å². The minimum atomic E-state index is -1.12. The molecule has 1 aliphatic heterocycles. The molecule has 3 rings (SSSR count). The molecule has 0 radical (unpaired) electrons. The number of hydrogen-bond acceptors (Lipinski definition) is 12. The van der Waals surface area contributed by atoms with Gasteiger partial charge in [-0.25, -0.2) is 4.79 Å². The summed E-state index contributed by atoms with van der Waals surface area (Å²) in [5.74, 6) is -4.57. The first-order valence-corrected chi connectivity index (χ1v) is 14.5. The predicted molar refractivity (Wildman–Crippen MR) is 166 cm³/mol. The van der Waals surface area contributed by atoms with E-state index in [0.717, 1.165) is 0 Å². The number of rotatable bonds is 13. The number of hydrogen-bond donors (Lipinski definition) is 3. The average molecular weight is 657 g/mol. The van der Waals surface area contributed by atoms with Crippen LogP contribution in [-0.4, -0.2) is 142 Å². The van der Waals surface area contributed by atoms with Crippen LogP contribution in [-0.2, 0) is 24.0 Å². The van der Waals surface area contributed by atoms with E-state index in [1.807, 2.05) is 0 Å². The van der Waals surface area contributed by atoms with Gasteiger partial charge in [-0.3, -0.25) is 39.1 Å². The number of anilines is 1. The zero-order chi connectivity index (χ0) is 34.3. The lowest BCUT2D eigenvalue weighted by atomic mass is 10.2. The lowest BCUT2D eigenvalue weighted by Gasteiger charge is -2.32. The Morgan fingerprint density at radius 3 is 1.68 bits per heavy atom. The zero-order valence-corrected chi connectivity index (χ0v) is 25.4. The van der Waals surface area contributed by atoms with Crippen molar-refractivity contribution >= 4 is 41.2 Å². The third-order valence-electron chi connectivity index (χ3n) is 6.96. The second-order valence-electron chi connectivity index (χ2n) is 10.5. The number of para-hydroxylation sites is 1. The van der Waals surface area contributed by atoms with Gasteiger partial charge in [-0.1, -0.05) is 18.2 Å². The van der Waals surface area contributed by atoms with E-state index in [9.17, 15) is 49.4 Å². The molecule has 3 N–H and O–H groups in total. The first-order valence-electron chi connectivity index (χ1n) is 14.5. The van der Waals surface area contributed by atoms with Gasteiger partial charge in [-0.05, 0) is 24.3 Å². The normalized spacial score (nSPS) is 15.5. The molecule has 2 aromatic rings. The SMILES string of the molecule is O=C(O)CN1/C=C\N(CC(=O)O)CCN(CC(=O)N(CC(=O)Oc2ccc([N+](=O)[O-])cc2)c2ccccc2)CCN(CC(=O)O)CC1. The van der Waals surface area contributed by atoms with Crippen LogP contribution in [0.5, 0.6) is 5.75 Å². The lowest BCUT2D eigenvalue weighted by Crippen LogP contribution is -2.48. The van der Waals surface area contributed by atoms with Crippen molar-refractivity contribution in [2.75, 3.05) is 76.9 Å². The number of benzene rings is 2. The molecule has 0 saturated carbocycles. The van der Waals surface area contributed by atoms with Gasteiger partial charge in [-0.2, -0.15) is 0 Å². The van der Waals surface area contributed by atoms with E-state index >= 15 is 0 Å². The Kier molecular flexibility index (Phi) is 13.6. The largest absolute Gasteiger partial charge is 0.480 e. The van der Waals surface area contributed by atoms with Crippen LogP contribution in [0.2, 0.25) is 0 Å². The second kappa shape index (κ2) is 17.8. The number of amides is 1. The summed E-state index contributed by atoms with van der Waals surface area (Å²) in [6, 6.07) is 13.2. The van der Waals surface area contributed by atoms with Crippen molar-refractivity contribution in [2.45, 2.75) is 0 Å². The molecule has 1 amide bonds. The molecule has 0 unspecified atom stereocenters. The van der Waals surface area contributed by atoms with Gasteiger partial charge in [0.1, 0.15) is 25.4 Å². The molecule has 1 aliphatic rings. The van der Waals surface area contributed by atoms with Crippen molar-refractivity contribution in [3.05, 3.63) is 77.1 Å². The molecule has 0 aromatic heterocycles. The van der Waals surface area contributed by atoms with Gasteiger partial charge in [0.15, 0.2) is 0 Å². The van der Waals surface area contributed by atoms with Crippen molar-refractivity contribution in [3.63, 3.8) is 0 Å². The first-order chi connectivity index (χ1) is 22.4. The smallest absolute Gasteiger partial charge is 0.331 e. The van der Waals surface area contributed by atoms with Gasteiger partial charge < -0.3 is 34.8 Å². The number of ether oxygens (including phenoxy) is 1. The highest BCUT2D eigenvalue weighted by molar-refractivity contribution is 5.99. The molecule has 0 aliphatic carbocycles. The Morgan fingerprint density at radius 1 is 0.702 bits per heavy atom. The van der Waals surface area contributed by atoms with E-state index in [1.165, 1.54) is 51.4 Å². The molecular formula is C30H36N6O11. The summed E-state index contributed by atoms with van der Waals surface area (Å²) in [4.78, 5) is 78.9. The Labute approximate surface area is 269 Å². The summed E-state index contributed by atoms with van der Waals surface area (Å²) in [6.45, 7) is -0.817. The van der Waals surface area contributed by atoms with Crippen LogP contribution in [0.1, 0.15) is 0 Å². The van der Waals surface area contributed by atoms with Gasteiger partial charge in [0, 0.05) is 69.5 Å². The first kappa shape index (κ1) is 35.9.